The Morgan fingerprint density at radius 1 is 1.22 bits per heavy atom. The predicted octanol–water partition coefficient (Wildman–Crippen LogP) is 5.61. The fourth-order valence-corrected chi connectivity index (χ4v) is 5.82. The second-order valence-electron chi connectivity index (χ2n) is 10.7. The number of halogens is 1. The van der Waals surface area contributed by atoms with Gasteiger partial charge in [0.2, 0.25) is 0 Å². The highest BCUT2D eigenvalue weighted by molar-refractivity contribution is 5.99. The summed E-state index contributed by atoms with van der Waals surface area (Å²) < 4.78 is 14.7. The molecule has 1 fully saturated rings. The van der Waals surface area contributed by atoms with E-state index >= 15 is 0 Å². The number of hydrogen-bond donors (Lipinski definition) is 1. The van der Waals surface area contributed by atoms with E-state index in [0.717, 1.165) is 66.5 Å². The molecule has 3 heterocycles. The third-order valence-corrected chi connectivity index (χ3v) is 8.25. The number of quaternary nitrogens is 1. The minimum Gasteiger partial charge on any atom is -0.293 e. The highest BCUT2D eigenvalue weighted by Crippen LogP contribution is 2.31. The van der Waals surface area contributed by atoms with Gasteiger partial charge in [-0.05, 0) is 75.6 Å². The fourth-order valence-electron chi connectivity index (χ4n) is 5.82. The van der Waals surface area contributed by atoms with Crippen molar-refractivity contribution in [3.05, 3.63) is 71.2 Å². The molecule has 194 valence electrons. The molecule has 0 radical (unpaired) electrons. The molecule has 3 atom stereocenters. The first-order valence-electron chi connectivity index (χ1n) is 13.5. The maximum absolute atomic E-state index is 14.4. The molecule has 5 rings (SSSR count). The van der Waals surface area contributed by atoms with E-state index in [1.807, 2.05) is 42.6 Å². The second-order valence-corrected chi connectivity index (χ2v) is 10.7. The van der Waals surface area contributed by atoms with Crippen LogP contribution in [-0.4, -0.2) is 70.5 Å². The van der Waals surface area contributed by atoms with Crippen molar-refractivity contribution in [3.8, 4) is 0 Å². The number of hydrogen-bond acceptors (Lipinski definition) is 4. The first kappa shape index (κ1) is 25.5. The first-order valence-corrected chi connectivity index (χ1v) is 13.5. The summed E-state index contributed by atoms with van der Waals surface area (Å²) in [7, 11) is 2.07. The van der Waals surface area contributed by atoms with Gasteiger partial charge in [0.1, 0.15) is 11.9 Å². The number of allylic oxidation sites excluding steroid dienone is 1. The van der Waals surface area contributed by atoms with E-state index in [-0.39, 0.29) is 23.8 Å². The van der Waals surface area contributed by atoms with Crippen LogP contribution in [0.5, 0.6) is 0 Å². The number of aromatic nitrogens is 2. The normalized spacial score (nSPS) is 22.4. The van der Waals surface area contributed by atoms with E-state index in [0.29, 0.717) is 23.1 Å². The Morgan fingerprint density at radius 3 is 2.84 bits per heavy atom. The zero-order valence-electron chi connectivity index (χ0n) is 22.1. The summed E-state index contributed by atoms with van der Waals surface area (Å²) in [6.45, 7) is 7.16. The number of fused-ring (bicyclic) bond motifs is 1. The number of rotatable bonds is 6. The number of likely N-dealkylation sites (tertiary alicyclic amines) is 1. The van der Waals surface area contributed by atoms with Gasteiger partial charge in [-0.1, -0.05) is 18.2 Å². The molecule has 1 amide bonds. The lowest BCUT2D eigenvalue weighted by molar-refractivity contribution is -0.853. The molecule has 37 heavy (non-hydrogen) atoms. The summed E-state index contributed by atoms with van der Waals surface area (Å²) in [5.74, 6) is -0.0353. The van der Waals surface area contributed by atoms with Gasteiger partial charge in [0.25, 0.3) is 0 Å². The Kier molecular flexibility index (Phi) is 7.36. The van der Waals surface area contributed by atoms with Gasteiger partial charge in [-0.15, -0.1) is 0 Å². The topological polar surface area (TPSA) is 61.4 Å². The number of aromatic amines is 1. The Bertz CT molecular complexity index is 1340. The van der Waals surface area contributed by atoms with E-state index < -0.39 is 0 Å². The summed E-state index contributed by atoms with van der Waals surface area (Å²) in [5.41, 5.74) is 4.40. The molecule has 2 aliphatic rings. The first-order chi connectivity index (χ1) is 17.9. The second kappa shape index (κ2) is 10.7. The van der Waals surface area contributed by atoms with Crippen LogP contribution < -0.4 is 0 Å². The third-order valence-electron chi connectivity index (χ3n) is 8.25. The molecule has 1 N–H and O–H groups in total. The van der Waals surface area contributed by atoms with E-state index in [2.05, 4.69) is 41.0 Å². The van der Waals surface area contributed by atoms with Gasteiger partial charge >= 0.3 is 5.91 Å². The predicted molar refractivity (Wildman–Crippen MR) is 147 cm³/mol. The number of likely N-dealkylation sites (N-methyl/N-ethyl adjacent to an activating group) is 1. The van der Waals surface area contributed by atoms with Gasteiger partial charge in [0, 0.05) is 30.1 Å². The molecule has 2 aromatic carbocycles. The maximum Gasteiger partial charge on any atom is 0.345 e. The number of amides is 1. The Balaban J connectivity index is 1.42. The quantitative estimate of drug-likeness (QED) is 0.446. The van der Waals surface area contributed by atoms with Gasteiger partial charge in [-0.3, -0.25) is 19.5 Å². The molecule has 7 heteroatoms. The number of nitrogens with zero attached hydrogens (tertiary/aromatic N) is 4. The van der Waals surface area contributed by atoms with Crippen molar-refractivity contribution in [2.45, 2.75) is 58.2 Å². The SMILES string of the molecule is CC[N+](C)(C(=O)c1ccc2[nH]nc(C3=CC=NC(C)C3)c2c1)C1CCCCN(Cc2ccccc2F)C1. The molecular weight excluding hydrogens is 465 g/mol. The van der Waals surface area contributed by atoms with Crippen LogP contribution >= 0.6 is 0 Å². The summed E-state index contributed by atoms with van der Waals surface area (Å²) in [4.78, 5) is 20.9. The van der Waals surface area contributed by atoms with Gasteiger partial charge in [-0.25, -0.2) is 9.18 Å². The third kappa shape index (κ3) is 5.15. The monoisotopic (exact) mass is 502 g/mol. The van der Waals surface area contributed by atoms with Crippen LogP contribution in [0.25, 0.3) is 16.5 Å². The number of carbonyl (C=O) groups is 1. The summed E-state index contributed by atoms with van der Waals surface area (Å²) in [6, 6.07) is 13.3. The van der Waals surface area contributed by atoms with Crippen molar-refractivity contribution in [2.24, 2.45) is 4.99 Å². The zero-order valence-corrected chi connectivity index (χ0v) is 22.1. The lowest BCUT2D eigenvalue weighted by Gasteiger charge is -2.39. The van der Waals surface area contributed by atoms with E-state index in [1.165, 1.54) is 6.07 Å². The zero-order chi connectivity index (χ0) is 26.0. The fraction of sp³-hybridized carbons (Fsp3) is 0.433. The van der Waals surface area contributed by atoms with Crippen molar-refractivity contribution in [3.63, 3.8) is 0 Å². The highest BCUT2D eigenvalue weighted by atomic mass is 19.1. The van der Waals surface area contributed by atoms with Crippen molar-refractivity contribution in [2.75, 3.05) is 26.7 Å². The molecule has 1 aromatic heterocycles. The largest absolute Gasteiger partial charge is 0.345 e. The number of dihydropyridines is 1. The van der Waals surface area contributed by atoms with Crippen LogP contribution in [0.15, 0.2) is 53.5 Å². The number of nitrogens with one attached hydrogen (secondary N) is 1. The Labute approximate surface area is 218 Å². The van der Waals surface area contributed by atoms with E-state index in [1.54, 1.807) is 6.07 Å². The van der Waals surface area contributed by atoms with Gasteiger partial charge in [-0.2, -0.15) is 5.10 Å². The summed E-state index contributed by atoms with van der Waals surface area (Å²) >= 11 is 0. The molecule has 1 saturated heterocycles. The molecule has 0 aliphatic carbocycles. The standard InChI is InChI=1S/C30H36FN5O/c1-4-36(3,25-10-7-8-16-35(20-25)19-24-9-5-6-11-27(24)31)30(37)23-12-13-28-26(18-23)29(34-33-28)22-14-15-32-21(2)17-22/h5-6,9,11-15,18,21,25H,4,7-8,10,16-17,19-20H2,1-3H3/p+1. The Morgan fingerprint density at radius 2 is 2.05 bits per heavy atom. The molecule has 0 bridgehead atoms. The van der Waals surface area contributed by atoms with E-state index in [4.69, 9.17) is 0 Å². The molecule has 6 nitrogen and oxygen atoms in total. The molecule has 3 aromatic rings. The van der Waals surface area contributed by atoms with Crippen LogP contribution in [-0.2, 0) is 6.54 Å². The minimum absolute atomic E-state index is 0.127. The van der Waals surface area contributed by atoms with Crippen LogP contribution in [0.3, 0.4) is 0 Å². The molecule has 0 spiro atoms. The lowest BCUT2D eigenvalue weighted by atomic mass is 9.98. The average Bonchev–Trinajstić information content (AvgIpc) is 3.19. The van der Waals surface area contributed by atoms with Gasteiger partial charge < -0.3 is 0 Å². The number of carbonyl (C=O) groups excluding carboxylic acids is 1. The van der Waals surface area contributed by atoms with Crippen LogP contribution in [0.1, 0.15) is 61.1 Å². The summed E-state index contributed by atoms with van der Waals surface area (Å²) in [6.07, 6.45) is 7.81. The van der Waals surface area contributed by atoms with Crippen molar-refractivity contribution in [1.29, 1.82) is 0 Å². The number of H-pyrrole nitrogens is 1. The highest BCUT2D eigenvalue weighted by Gasteiger charge is 2.41. The van der Waals surface area contributed by atoms with Crippen LogP contribution in [0.4, 0.5) is 4.39 Å². The number of aliphatic imine (C=N–C) groups is 1. The van der Waals surface area contributed by atoms with Crippen molar-refractivity contribution < 1.29 is 13.7 Å². The smallest absolute Gasteiger partial charge is 0.293 e. The summed E-state index contributed by atoms with van der Waals surface area (Å²) in [5, 5.41) is 8.70. The van der Waals surface area contributed by atoms with Crippen LogP contribution in [0.2, 0.25) is 0 Å². The lowest BCUT2D eigenvalue weighted by Crippen LogP contribution is -2.59. The van der Waals surface area contributed by atoms with Gasteiger partial charge in [0.15, 0.2) is 0 Å². The maximum atomic E-state index is 14.4. The minimum atomic E-state index is -0.162. The van der Waals surface area contributed by atoms with Gasteiger partial charge in [0.05, 0.1) is 43.0 Å². The number of benzene rings is 2. The van der Waals surface area contributed by atoms with Crippen molar-refractivity contribution >= 4 is 28.6 Å². The molecule has 3 unspecified atom stereocenters. The molecular formula is C30H37FN5O+. The van der Waals surface area contributed by atoms with Crippen molar-refractivity contribution in [1.82, 2.24) is 15.1 Å². The van der Waals surface area contributed by atoms with E-state index in [9.17, 15) is 9.18 Å². The Hall–Kier alpha value is -3.16. The molecule has 2 aliphatic heterocycles. The average molecular weight is 503 g/mol. The van der Waals surface area contributed by atoms with Crippen LogP contribution in [0, 0.1) is 5.82 Å². The molecule has 0 saturated carbocycles.